The first kappa shape index (κ1) is 22.3. The van der Waals surface area contributed by atoms with Crippen LogP contribution in [-0.2, 0) is 0 Å². The van der Waals surface area contributed by atoms with Crippen LogP contribution in [0.2, 0.25) is 13.1 Å². The van der Waals surface area contributed by atoms with Crippen molar-refractivity contribution < 1.29 is 17.0 Å². The van der Waals surface area contributed by atoms with Crippen molar-refractivity contribution in [1.82, 2.24) is 0 Å². The molecule has 0 fully saturated rings. The molecule has 0 saturated carbocycles. The van der Waals surface area contributed by atoms with Gasteiger partial charge in [0.25, 0.3) is 0 Å². The molecular formula is C26H31ClN2Si. The van der Waals surface area contributed by atoms with Gasteiger partial charge in [0.05, 0.1) is 0 Å². The number of anilines is 1. The minimum Gasteiger partial charge on any atom is -1.00 e. The molecule has 0 aromatic heterocycles. The summed E-state index contributed by atoms with van der Waals surface area (Å²) in [5, 5.41) is 3.07. The molecule has 2 nitrogen and oxygen atoms in total. The molecule has 1 heterocycles. The third-order valence-corrected chi connectivity index (χ3v) is 9.86. The van der Waals surface area contributed by atoms with Crippen LogP contribution >= 0.6 is 0 Å². The van der Waals surface area contributed by atoms with Crippen LogP contribution in [0.15, 0.2) is 71.5 Å². The summed E-state index contributed by atoms with van der Waals surface area (Å²) in [5.41, 5.74) is 9.43. The molecule has 156 valence electrons. The molecule has 1 aliphatic heterocycles. The molecule has 2 aliphatic rings. The SMILES string of the molecule is Cc1ccccc1C1=C2C=CC(=[N+](C)C)C=C2[Si](C)(C)c2cc(N(C)C)ccc21.[Cl-]. The van der Waals surface area contributed by atoms with Crippen LogP contribution in [0.5, 0.6) is 0 Å². The van der Waals surface area contributed by atoms with Gasteiger partial charge in [-0.05, 0) is 63.4 Å². The molecule has 4 heteroatoms. The standard InChI is InChI=1S/C26H31N2Si.ClH/c1-18-10-8-9-11-21(18)26-22-14-12-19(27(2)3)16-24(22)29(6,7)25-17-20(28(4)5)13-15-23(25)26;/h8-17H,1-7H3;1H/q+1;/p-1. The highest BCUT2D eigenvalue weighted by Gasteiger charge is 2.40. The monoisotopic (exact) mass is 434 g/mol. The van der Waals surface area contributed by atoms with Crippen molar-refractivity contribution in [2.45, 2.75) is 20.0 Å². The first-order valence-corrected chi connectivity index (χ1v) is 13.3. The number of halogens is 1. The molecule has 0 spiro atoms. The smallest absolute Gasteiger partial charge is 0.199 e. The molecule has 0 saturated heterocycles. The maximum atomic E-state index is 2.50. The summed E-state index contributed by atoms with van der Waals surface area (Å²) in [6.07, 6.45) is 7.05. The van der Waals surface area contributed by atoms with Crippen LogP contribution < -0.4 is 22.5 Å². The number of fused-ring (bicyclic) bond motifs is 2. The van der Waals surface area contributed by atoms with Crippen molar-refractivity contribution in [3.8, 4) is 0 Å². The van der Waals surface area contributed by atoms with Crippen LogP contribution in [0.4, 0.5) is 5.69 Å². The number of hydrogen-bond acceptors (Lipinski definition) is 1. The molecule has 0 bridgehead atoms. The lowest BCUT2D eigenvalue weighted by atomic mass is 9.87. The minimum absolute atomic E-state index is 0. The molecule has 0 amide bonds. The number of rotatable bonds is 2. The van der Waals surface area contributed by atoms with E-state index in [-0.39, 0.29) is 12.4 Å². The van der Waals surface area contributed by atoms with Crippen molar-refractivity contribution in [2.24, 2.45) is 0 Å². The van der Waals surface area contributed by atoms with E-state index in [2.05, 4.69) is 118 Å². The molecule has 0 radical (unpaired) electrons. The van der Waals surface area contributed by atoms with Gasteiger partial charge in [-0.25, -0.2) is 4.58 Å². The Bertz CT molecular complexity index is 1130. The summed E-state index contributed by atoms with van der Waals surface area (Å²) in [6.45, 7) is 7.22. The Hall–Kier alpha value is -2.36. The average Bonchev–Trinajstić information content (AvgIpc) is 2.69. The van der Waals surface area contributed by atoms with Gasteiger partial charge in [0.1, 0.15) is 22.2 Å². The van der Waals surface area contributed by atoms with E-state index in [0.717, 1.165) is 0 Å². The Morgan fingerprint density at radius 3 is 2.23 bits per heavy atom. The molecule has 1 aliphatic carbocycles. The molecule has 4 rings (SSSR count). The van der Waals surface area contributed by atoms with Gasteiger partial charge in [0.15, 0.2) is 5.71 Å². The highest BCUT2D eigenvalue weighted by atomic mass is 35.5. The van der Waals surface area contributed by atoms with Crippen molar-refractivity contribution in [2.75, 3.05) is 33.1 Å². The highest BCUT2D eigenvalue weighted by Crippen LogP contribution is 2.42. The van der Waals surface area contributed by atoms with Crippen molar-refractivity contribution in [1.29, 1.82) is 0 Å². The summed E-state index contributed by atoms with van der Waals surface area (Å²) < 4.78 is 2.21. The van der Waals surface area contributed by atoms with E-state index in [0.29, 0.717) is 0 Å². The fraction of sp³-hybridized carbons (Fsp3) is 0.269. The molecule has 2 aromatic rings. The Kier molecular flexibility index (Phi) is 5.99. The predicted octanol–water partition coefficient (Wildman–Crippen LogP) is 1.54. The Balaban J connectivity index is 0.00000256. The minimum atomic E-state index is -1.85. The normalized spacial score (nSPS) is 16.4. The van der Waals surface area contributed by atoms with E-state index in [9.17, 15) is 0 Å². The second-order valence-electron chi connectivity index (χ2n) is 9.06. The van der Waals surface area contributed by atoms with E-state index >= 15 is 0 Å². The topological polar surface area (TPSA) is 6.25 Å². The van der Waals surface area contributed by atoms with Gasteiger partial charge in [-0.15, -0.1) is 0 Å². The fourth-order valence-corrected chi connectivity index (χ4v) is 7.60. The van der Waals surface area contributed by atoms with Gasteiger partial charge < -0.3 is 17.3 Å². The average molecular weight is 435 g/mol. The summed E-state index contributed by atoms with van der Waals surface area (Å²) in [4.78, 5) is 2.21. The summed E-state index contributed by atoms with van der Waals surface area (Å²) in [5.74, 6) is 0. The largest absolute Gasteiger partial charge is 1.00 e. The third-order valence-electron chi connectivity index (χ3n) is 6.34. The lowest BCUT2D eigenvalue weighted by Gasteiger charge is -2.38. The van der Waals surface area contributed by atoms with E-state index in [4.69, 9.17) is 0 Å². The molecule has 2 aromatic carbocycles. The summed E-state index contributed by atoms with van der Waals surface area (Å²) in [7, 11) is 6.66. The molecule has 0 atom stereocenters. The van der Waals surface area contributed by atoms with E-state index in [1.807, 2.05) is 0 Å². The third kappa shape index (κ3) is 3.50. The van der Waals surface area contributed by atoms with Crippen LogP contribution in [0.25, 0.3) is 5.57 Å². The molecule has 0 unspecified atom stereocenters. The number of nitrogens with zero attached hydrogens (tertiary/aromatic N) is 2. The first-order valence-electron chi connectivity index (χ1n) is 10.3. The number of allylic oxidation sites excluding steroid dienone is 5. The van der Waals surface area contributed by atoms with Gasteiger partial charge in [-0.2, -0.15) is 0 Å². The number of benzene rings is 2. The van der Waals surface area contributed by atoms with Gasteiger partial charge in [0, 0.05) is 31.9 Å². The van der Waals surface area contributed by atoms with Gasteiger partial charge in [-0.3, -0.25) is 0 Å². The van der Waals surface area contributed by atoms with Gasteiger partial charge in [-0.1, -0.05) is 43.4 Å². The van der Waals surface area contributed by atoms with Crippen LogP contribution in [0.1, 0.15) is 16.7 Å². The van der Waals surface area contributed by atoms with Crippen LogP contribution in [0.3, 0.4) is 0 Å². The fourth-order valence-electron chi connectivity index (χ4n) is 4.52. The maximum absolute atomic E-state index is 2.50. The lowest BCUT2D eigenvalue weighted by molar-refractivity contribution is -0.462. The summed E-state index contributed by atoms with van der Waals surface area (Å²) >= 11 is 0. The van der Waals surface area contributed by atoms with Gasteiger partial charge in [0.2, 0.25) is 0 Å². The van der Waals surface area contributed by atoms with E-state index < -0.39 is 8.07 Å². The first-order chi connectivity index (χ1) is 13.7. The lowest BCUT2D eigenvalue weighted by Crippen LogP contribution is -3.00. The molecular weight excluding hydrogens is 404 g/mol. The molecule has 0 N–H and O–H groups in total. The zero-order valence-corrected chi connectivity index (χ0v) is 20.8. The highest BCUT2D eigenvalue weighted by molar-refractivity contribution is 6.98. The zero-order chi connectivity index (χ0) is 20.9. The summed E-state index contributed by atoms with van der Waals surface area (Å²) in [6, 6.07) is 15.8. The van der Waals surface area contributed by atoms with Crippen molar-refractivity contribution >= 4 is 30.2 Å². The Labute approximate surface area is 188 Å². The number of aryl methyl sites for hydroxylation is 1. The van der Waals surface area contributed by atoms with E-state index in [1.165, 1.54) is 49.6 Å². The predicted molar refractivity (Wildman–Crippen MR) is 129 cm³/mol. The molecule has 30 heavy (non-hydrogen) atoms. The van der Waals surface area contributed by atoms with Crippen molar-refractivity contribution in [3.05, 3.63) is 88.2 Å². The Morgan fingerprint density at radius 2 is 1.60 bits per heavy atom. The Morgan fingerprint density at radius 1 is 0.900 bits per heavy atom. The second kappa shape index (κ2) is 8.05. The van der Waals surface area contributed by atoms with Crippen LogP contribution in [-0.4, -0.2) is 46.6 Å². The van der Waals surface area contributed by atoms with Crippen LogP contribution in [0, 0.1) is 6.92 Å². The number of hydrogen-bond donors (Lipinski definition) is 0. The van der Waals surface area contributed by atoms with E-state index in [1.54, 1.807) is 0 Å². The zero-order valence-electron chi connectivity index (χ0n) is 19.0. The maximum Gasteiger partial charge on any atom is 0.199 e. The van der Waals surface area contributed by atoms with Crippen molar-refractivity contribution in [3.63, 3.8) is 0 Å². The quantitative estimate of drug-likeness (QED) is 0.513. The van der Waals surface area contributed by atoms with Gasteiger partial charge >= 0.3 is 0 Å². The second-order valence-corrected chi connectivity index (χ2v) is 13.4.